The molecular weight excluding hydrogens is 316 g/mol. The predicted octanol–water partition coefficient (Wildman–Crippen LogP) is 1.59. The second kappa shape index (κ2) is 8.19. The lowest BCUT2D eigenvalue weighted by Crippen LogP contribution is -2.51. The van der Waals surface area contributed by atoms with E-state index in [1.807, 2.05) is 18.7 Å². The topological polar surface area (TPSA) is 43.9 Å². The van der Waals surface area contributed by atoms with Gasteiger partial charge in [-0.1, -0.05) is 6.07 Å². The van der Waals surface area contributed by atoms with Crippen LogP contribution in [0.15, 0.2) is 18.2 Å². The number of halogens is 2. The summed E-state index contributed by atoms with van der Waals surface area (Å²) in [6.45, 7) is 7.21. The van der Waals surface area contributed by atoms with Crippen molar-refractivity contribution in [1.29, 1.82) is 0 Å². The van der Waals surface area contributed by atoms with Gasteiger partial charge in [0.1, 0.15) is 17.2 Å². The van der Waals surface area contributed by atoms with E-state index in [2.05, 4.69) is 0 Å². The number of piperazine rings is 1. The van der Waals surface area contributed by atoms with Gasteiger partial charge < -0.3 is 9.80 Å². The van der Waals surface area contributed by atoms with Gasteiger partial charge in [-0.3, -0.25) is 14.5 Å². The summed E-state index contributed by atoms with van der Waals surface area (Å²) in [5.74, 6) is -2.28. The third-order valence-corrected chi connectivity index (χ3v) is 4.31. The maximum atomic E-state index is 13.7. The standard InChI is InChI=1S/C17H23F2N3O2/c1-3-21(4-2)15(23)12-20-8-10-22(11-9-20)17(24)16-13(18)6-5-7-14(16)19/h5-7H,3-4,8-12H2,1-2H3. The van der Waals surface area contributed by atoms with Crippen molar-refractivity contribution in [3.05, 3.63) is 35.4 Å². The number of hydrogen-bond donors (Lipinski definition) is 0. The molecule has 1 aromatic carbocycles. The molecule has 7 heteroatoms. The first-order chi connectivity index (χ1) is 11.5. The zero-order chi connectivity index (χ0) is 17.7. The molecular formula is C17H23F2N3O2. The molecule has 1 heterocycles. The molecule has 2 amide bonds. The van der Waals surface area contributed by atoms with Gasteiger partial charge in [0.05, 0.1) is 6.54 Å². The molecule has 0 radical (unpaired) electrons. The van der Waals surface area contributed by atoms with Gasteiger partial charge in [0.2, 0.25) is 5.91 Å². The minimum absolute atomic E-state index is 0.0555. The molecule has 0 aromatic heterocycles. The normalized spacial score (nSPS) is 15.4. The highest BCUT2D eigenvalue weighted by Gasteiger charge is 2.27. The van der Waals surface area contributed by atoms with E-state index in [9.17, 15) is 18.4 Å². The van der Waals surface area contributed by atoms with Gasteiger partial charge in [0.15, 0.2) is 0 Å². The summed E-state index contributed by atoms with van der Waals surface area (Å²) in [5.41, 5.74) is -0.509. The van der Waals surface area contributed by atoms with Crippen molar-refractivity contribution in [3.63, 3.8) is 0 Å². The van der Waals surface area contributed by atoms with E-state index in [4.69, 9.17) is 0 Å². The Morgan fingerprint density at radius 2 is 1.58 bits per heavy atom. The first-order valence-corrected chi connectivity index (χ1v) is 8.21. The fraction of sp³-hybridized carbons (Fsp3) is 0.529. The van der Waals surface area contributed by atoms with Crippen LogP contribution in [0.2, 0.25) is 0 Å². The Labute approximate surface area is 140 Å². The maximum Gasteiger partial charge on any atom is 0.259 e. The summed E-state index contributed by atoms with van der Waals surface area (Å²) in [4.78, 5) is 29.6. The van der Waals surface area contributed by atoms with E-state index in [1.165, 1.54) is 11.0 Å². The van der Waals surface area contributed by atoms with Crippen LogP contribution in [0.4, 0.5) is 8.78 Å². The SMILES string of the molecule is CCN(CC)C(=O)CN1CCN(C(=O)c2c(F)cccc2F)CC1. The number of carbonyl (C=O) groups is 2. The maximum absolute atomic E-state index is 13.7. The summed E-state index contributed by atoms with van der Waals surface area (Å²) in [5, 5.41) is 0. The van der Waals surface area contributed by atoms with Crippen LogP contribution in [-0.2, 0) is 4.79 Å². The second-order valence-corrected chi connectivity index (χ2v) is 5.73. The minimum Gasteiger partial charge on any atom is -0.342 e. The molecule has 1 fully saturated rings. The lowest BCUT2D eigenvalue weighted by Gasteiger charge is -2.35. The molecule has 2 rings (SSSR count). The Morgan fingerprint density at radius 1 is 1.04 bits per heavy atom. The molecule has 0 atom stereocenters. The van der Waals surface area contributed by atoms with E-state index in [1.54, 1.807) is 4.90 Å². The molecule has 0 spiro atoms. The van der Waals surface area contributed by atoms with Crippen LogP contribution in [0.1, 0.15) is 24.2 Å². The number of benzene rings is 1. The van der Waals surface area contributed by atoms with Crippen molar-refractivity contribution in [3.8, 4) is 0 Å². The highest BCUT2D eigenvalue weighted by atomic mass is 19.1. The highest BCUT2D eigenvalue weighted by molar-refractivity contribution is 5.94. The van der Waals surface area contributed by atoms with Gasteiger partial charge in [-0.2, -0.15) is 0 Å². The van der Waals surface area contributed by atoms with Crippen LogP contribution in [0.3, 0.4) is 0 Å². The molecule has 1 aliphatic heterocycles. The predicted molar refractivity (Wildman–Crippen MR) is 86.6 cm³/mol. The number of likely N-dealkylation sites (N-methyl/N-ethyl adjacent to an activating group) is 1. The van der Waals surface area contributed by atoms with Crippen molar-refractivity contribution in [2.45, 2.75) is 13.8 Å². The van der Waals surface area contributed by atoms with Gasteiger partial charge in [0, 0.05) is 39.3 Å². The molecule has 0 saturated carbocycles. The summed E-state index contributed by atoms with van der Waals surface area (Å²) in [6, 6.07) is 3.39. The second-order valence-electron chi connectivity index (χ2n) is 5.73. The van der Waals surface area contributed by atoms with E-state index < -0.39 is 23.1 Å². The van der Waals surface area contributed by atoms with Crippen LogP contribution >= 0.6 is 0 Å². The molecule has 132 valence electrons. The van der Waals surface area contributed by atoms with E-state index in [0.29, 0.717) is 45.8 Å². The Kier molecular flexibility index (Phi) is 6.25. The molecule has 1 aromatic rings. The van der Waals surface area contributed by atoms with E-state index in [0.717, 1.165) is 12.1 Å². The van der Waals surface area contributed by atoms with Gasteiger partial charge in [-0.25, -0.2) is 8.78 Å². The first-order valence-electron chi connectivity index (χ1n) is 8.21. The van der Waals surface area contributed by atoms with Crippen LogP contribution in [0.25, 0.3) is 0 Å². The third-order valence-electron chi connectivity index (χ3n) is 4.31. The fourth-order valence-electron chi connectivity index (χ4n) is 2.84. The van der Waals surface area contributed by atoms with Crippen molar-refractivity contribution in [2.24, 2.45) is 0 Å². The fourth-order valence-corrected chi connectivity index (χ4v) is 2.84. The largest absolute Gasteiger partial charge is 0.342 e. The Bertz CT molecular complexity index is 577. The lowest BCUT2D eigenvalue weighted by molar-refractivity contribution is -0.132. The van der Waals surface area contributed by atoms with Crippen LogP contribution in [-0.4, -0.2) is 72.3 Å². The molecule has 1 saturated heterocycles. The van der Waals surface area contributed by atoms with Gasteiger partial charge >= 0.3 is 0 Å². The van der Waals surface area contributed by atoms with Gasteiger partial charge in [-0.05, 0) is 26.0 Å². The summed E-state index contributed by atoms with van der Waals surface area (Å²) in [6.07, 6.45) is 0. The summed E-state index contributed by atoms with van der Waals surface area (Å²) in [7, 11) is 0. The van der Waals surface area contributed by atoms with Crippen molar-refractivity contribution < 1.29 is 18.4 Å². The summed E-state index contributed by atoms with van der Waals surface area (Å²) < 4.78 is 27.4. The molecule has 1 aliphatic rings. The number of hydrogen-bond acceptors (Lipinski definition) is 3. The zero-order valence-corrected chi connectivity index (χ0v) is 14.1. The van der Waals surface area contributed by atoms with Crippen LogP contribution in [0, 0.1) is 11.6 Å². The van der Waals surface area contributed by atoms with Crippen LogP contribution in [0.5, 0.6) is 0 Å². The molecule has 0 unspecified atom stereocenters. The third kappa shape index (κ3) is 4.08. The van der Waals surface area contributed by atoms with Crippen molar-refractivity contribution in [1.82, 2.24) is 14.7 Å². The monoisotopic (exact) mass is 339 g/mol. The quantitative estimate of drug-likeness (QED) is 0.818. The molecule has 0 bridgehead atoms. The highest BCUT2D eigenvalue weighted by Crippen LogP contribution is 2.16. The number of amides is 2. The Morgan fingerprint density at radius 3 is 2.08 bits per heavy atom. The zero-order valence-electron chi connectivity index (χ0n) is 14.1. The number of carbonyl (C=O) groups excluding carboxylic acids is 2. The number of nitrogens with zero attached hydrogens (tertiary/aromatic N) is 3. The lowest BCUT2D eigenvalue weighted by atomic mass is 10.1. The Hall–Kier alpha value is -2.02. The van der Waals surface area contributed by atoms with E-state index >= 15 is 0 Å². The molecule has 5 nitrogen and oxygen atoms in total. The average Bonchev–Trinajstić information content (AvgIpc) is 2.56. The molecule has 0 aliphatic carbocycles. The van der Waals surface area contributed by atoms with Crippen molar-refractivity contribution >= 4 is 11.8 Å². The first kappa shape index (κ1) is 18.3. The van der Waals surface area contributed by atoms with Gasteiger partial charge in [-0.15, -0.1) is 0 Å². The van der Waals surface area contributed by atoms with Crippen molar-refractivity contribution in [2.75, 3.05) is 45.8 Å². The average molecular weight is 339 g/mol. The summed E-state index contributed by atoms with van der Waals surface area (Å²) >= 11 is 0. The Balaban J connectivity index is 1.93. The molecule has 0 N–H and O–H groups in total. The smallest absolute Gasteiger partial charge is 0.259 e. The molecule has 24 heavy (non-hydrogen) atoms. The minimum atomic E-state index is -0.848. The van der Waals surface area contributed by atoms with Gasteiger partial charge in [0.25, 0.3) is 5.91 Å². The van der Waals surface area contributed by atoms with Crippen LogP contribution < -0.4 is 0 Å². The van der Waals surface area contributed by atoms with E-state index in [-0.39, 0.29) is 5.91 Å². The number of rotatable bonds is 5.